The van der Waals surface area contributed by atoms with Crippen LogP contribution < -0.4 is 5.73 Å². The van der Waals surface area contributed by atoms with Crippen LogP contribution >= 0.6 is 11.3 Å². The van der Waals surface area contributed by atoms with Gasteiger partial charge in [-0.05, 0) is 13.3 Å². The molecule has 0 bridgehead atoms. The van der Waals surface area contributed by atoms with Crippen LogP contribution in [0.4, 0.5) is 0 Å². The Morgan fingerprint density at radius 3 is 3.00 bits per heavy atom. The summed E-state index contributed by atoms with van der Waals surface area (Å²) in [6.45, 7) is 4.99. The van der Waals surface area contributed by atoms with Crippen molar-refractivity contribution in [1.29, 1.82) is 0 Å². The SMILES string of the molecule is CCCOCc1noc(-c2csc(C(C)N)n2)n1. The molecule has 2 aromatic rings. The minimum absolute atomic E-state index is 0.0842. The summed E-state index contributed by atoms with van der Waals surface area (Å²) in [5, 5.41) is 6.56. The van der Waals surface area contributed by atoms with Gasteiger partial charge in [0.2, 0.25) is 0 Å². The third-order valence-electron chi connectivity index (χ3n) is 2.18. The van der Waals surface area contributed by atoms with Crippen molar-refractivity contribution in [1.82, 2.24) is 15.1 Å². The summed E-state index contributed by atoms with van der Waals surface area (Å²) in [6.07, 6.45) is 0.967. The van der Waals surface area contributed by atoms with Crippen LogP contribution in [0.3, 0.4) is 0 Å². The van der Waals surface area contributed by atoms with Crippen LogP contribution in [0.2, 0.25) is 0 Å². The first kappa shape index (κ1) is 13.1. The van der Waals surface area contributed by atoms with Crippen molar-refractivity contribution in [3.63, 3.8) is 0 Å². The zero-order valence-electron chi connectivity index (χ0n) is 10.4. The van der Waals surface area contributed by atoms with Gasteiger partial charge in [-0.1, -0.05) is 12.1 Å². The number of aromatic nitrogens is 3. The van der Waals surface area contributed by atoms with Gasteiger partial charge in [0, 0.05) is 12.0 Å². The summed E-state index contributed by atoms with van der Waals surface area (Å²) in [5.74, 6) is 0.946. The lowest BCUT2D eigenvalue weighted by Gasteiger charge is -1.96. The number of ether oxygens (including phenoxy) is 1. The minimum Gasteiger partial charge on any atom is -0.373 e. The van der Waals surface area contributed by atoms with E-state index in [0.29, 0.717) is 30.6 Å². The van der Waals surface area contributed by atoms with Crippen LogP contribution in [0.1, 0.15) is 37.1 Å². The maximum Gasteiger partial charge on any atom is 0.277 e. The summed E-state index contributed by atoms with van der Waals surface area (Å²) in [4.78, 5) is 8.57. The average molecular weight is 268 g/mol. The molecule has 0 saturated heterocycles. The van der Waals surface area contributed by atoms with Gasteiger partial charge in [-0.2, -0.15) is 4.98 Å². The topological polar surface area (TPSA) is 87.1 Å². The van der Waals surface area contributed by atoms with Crippen LogP contribution in [0.25, 0.3) is 11.6 Å². The third-order valence-corrected chi connectivity index (χ3v) is 3.22. The van der Waals surface area contributed by atoms with Crippen LogP contribution in [-0.4, -0.2) is 21.7 Å². The molecule has 2 heterocycles. The molecular formula is C11H16N4O2S. The van der Waals surface area contributed by atoms with Crippen molar-refractivity contribution >= 4 is 11.3 Å². The summed E-state index contributed by atoms with van der Waals surface area (Å²) in [6, 6.07) is -0.0842. The highest BCUT2D eigenvalue weighted by atomic mass is 32.1. The quantitative estimate of drug-likeness (QED) is 0.808. The van der Waals surface area contributed by atoms with Crippen LogP contribution in [0, 0.1) is 0 Å². The molecule has 7 heteroatoms. The highest BCUT2D eigenvalue weighted by Crippen LogP contribution is 2.23. The second-order valence-electron chi connectivity index (χ2n) is 3.93. The molecule has 18 heavy (non-hydrogen) atoms. The van der Waals surface area contributed by atoms with E-state index in [2.05, 4.69) is 15.1 Å². The lowest BCUT2D eigenvalue weighted by molar-refractivity contribution is 0.114. The zero-order chi connectivity index (χ0) is 13.0. The van der Waals surface area contributed by atoms with E-state index < -0.39 is 0 Å². The number of nitrogens with zero attached hydrogens (tertiary/aromatic N) is 3. The summed E-state index contributed by atoms with van der Waals surface area (Å²) < 4.78 is 10.5. The van der Waals surface area contributed by atoms with Crippen molar-refractivity contribution in [2.75, 3.05) is 6.61 Å². The normalized spacial score (nSPS) is 12.8. The molecule has 0 fully saturated rings. The second-order valence-corrected chi connectivity index (χ2v) is 4.82. The molecule has 0 aliphatic rings. The third kappa shape index (κ3) is 3.12. The lowest BCUT2D eigenvalue weighted by atomic mass is 10.4. The smallest absolute Gasteiger partial charge is 0.277 e. The maximum absolute atomic E-state index is 5.75. The van der Waals surface area contributed by atoms with Crippen LogP contribution in [0.15, 0.2) is 9.90 Å². The Kier molecular flexibility index (Phi) is 4.40. The van der Waals surface area contributed by atoms with Gasteiger partial charge >= 0.3 is 0 Å². The second kappa shape index (κ2) is 6.03. The molecule has 0 aliphatic heterocycles. The lowest BCUT2D eigenvalue weighted by Crippen LogP contribution is -2.03. The molecule has 2 rings (SSSR count). The Labute approximate surface area is 109 Å². The molecule has 2 aromatic heterocycles. The van der Waals surface area contributed by atoms with Crippen molar-refractivity contribution in [2.24, 2.45) is 5.73 Å². The summed E-state index contributed by atoms with van der Waals surface area (Å²) in [7, 11) is 0. The van der Waals surface area contributed by atoms with Crippen LogP contribution in [0.5, 0.6) is 0 Å². The predicted octanol–water partition coefficient (Wildman–Crippen LogP) is 2.14. The average Bonchev–Trinajstić information content (AvgIpc) is 2.97. The first-order valence-electron chi connectivity index (χ1n) is 5.82. The summed E-state index contributed by atoms with van der Waals surface area (Å²) in [5.41, 5.74) is 6.42. The Morgan fingerprint density at radius 1 is 1.50 bits per heavy atom. The van der Waals surface area contributed by atoms with Crippen molar-refractivity contribution in [3.8, 4) is 11.6 Å². The van der Waals surface area contributed by atoms with Gasteiger partial charge < -0.3 is 15.0 Å². The summed E-state index contributed by atoms with van der Waals surface area (Å²) >= 11 is 1.49. The van der Waals surface area contributed by atoms with E-state index in [9.17, 15) is 0 Å². The number of hydrogen-bond acceptors (Lipinski definition) is 7. The van der Waals surface area contributed by atoms with Gasteiger partial charge in [0.1, 0.15) is 17.3 Å². The molecule has 2 N–H and O–H groups in total. The van der Waals surface area contributed by atoms with Gasteiger partial charge in [-0.3, -0.25) is 0 Å². The number of hydrogen-bond donors (Lipinski definition) is 1. The van der Waals surface area contributed by atoms with Gasteiger partial charge in [0.25, 0.3) is 5.89 Å². The standard InChI is InChI=1S/C11H16N4O2S/c1-3-4-16-5-9-14-10(17-15-9)8-6-18-11(13-8)7(2)12/h6-7H,3-5,12H2,1-2H3. The maximum atomic E-state index is 5.75. The largest absolute Gasteiger partial charge is 0.373 e. The Hall–Kier alpha value is -1.31. The fraction of sp³-hybridized carbons (Fsp3) is 0.545. The van der Waals surface area contributed by atoms with Crippen molar-refractivity contribution in [3.05, 3.63) is 16.2 Å². The van der Waals surface area contributed by atoms with Gasteiger partial charge in [0.05, 0.1) is 6.04 Å². The highest BCUT2D eigenvalue weighted by Gasteiger charge is 2.14. The van der Waals surface area contributed by atoms with Gasteiger partial charge in [0.15, 0.2) is 5.82 Å². The van der Waals surface area contributed by atoms with Crippen molar-refractivity contribution in [2.45, 2.75) is 32.9 Å². The minimum atomic E-state index is -0.0842. The first-order chi connectivity index (χ1) is 8.70. The fourth-order valence-corrected chi connectivity index (χ4v) is 2.07. The highest BCUT2D eigenvalue weighted by molar-refractivity contribution is 7.10. The fourth-order valence-electron chi connectivity index (χ4n) is 1.32. The number of nitrogens with two attached hydrogens (primary N) is 1. The molecule has 0 amide bonds. The van der Waals surface area contributed by atoms with E-state index >= 15 is 0 Å². The monoisotopic (exact) mass is 268 g/mol. The Bertz CT molecular complexity index is 495. The van der Waals surface area contributed by atoms with E-state index in [1.807, 2.05) is 19.2 Å². The molecule has 0 saturated carbocycles. The molecule has 1 atom stereocenters. The molecular weight excluding hydrogens is 252 g/mol. The Morgan fingerprint density at radius 2 is 2.33 bits per heavy atom. The first-order valence-corrected chi connectivity index (χ1v) is 6.70. The number of rotatable bonds is 6. The van der Waals surface area contributed by atoms with Crippen molar-refractivity contribution < 1.29 is 9.26 Å². The molecule has 0 spiro atoms. The van der Waals surface area contributed by atoms with E-state index in [-0.39, 0.29) is 6.04 Å². The van der Waals surface area contributed by atoms with E-state index in [4.69, 9.17) is 15.0 Å². The van der Waals surface area contributed by atoms with Gasteiger partial charge in [-0.15, -0.1) is 11.3 Å². The molecule has 6 nitrogen and oxygen atoms in total. The molecule has 0 aliphatic carbocycles. The Balaban J connectivity index is 2.04. The molecule has 1 unspecified atom stereocenters. The zero-order valence-corrected chi connectivity index (χ0v) is 11.2. The van der Waals surface area contributed by atoms with E-state index in [0.717, 1.165) is 11.4 Å². The molecule has 98 valence electrons. The van der Waals surface area contributed by atoms with Crippen LogP contribution in [-0.2, 0) is 11.3 Å². The van der Waals surface area contributed by atoms with E-state index in [1.54, 1.807) is 0 Å². The molecule has 0 aromatic carbocycles. The predicted molar refractivity (Wildman–Crippen MR) is 68.0 cm³/mol. The molecule has 0 radical (unpaired) electrons. The number of thiazole rings is 1. The van der Waals surface area contributed by atoms with E-state index in [1.165, 1.54) is 11.3 Å². The van der Waals surface area contributed by atoms with Gasteiger partial charge in [-0.25, -0.2) is 4.98 Å².